The fraction of sp³-hybridized carbons (Fsp3) is 0.545. The Bertz CT molecular complexity index is 1700. The first kappa shape index (κ1) is 33.4. The molecule has 4 nitrogen and oxygen atoms in total. The maximum Gasteiger partial charge on any atom is 0.161 e. The third-order valence-corrected chi connectivity index (χ3v) is 11.4. The Morgan fingerprint density at radius 2 is 0.854 bits per heavy atom. The van der Waals surface area contributed by atoms with Gasteiger partial charge in [-0.3, -0.25) is 0 Å². The van der Waals surface area contributed by atoms with Gasteiger partial charge in [-0.05, 0) is 89.5 Å². The Morgan fingerprint density at radius 1 is 0.521 bits per heavy atom. The second kappa shape index (κ2) is 10.2. The topological polar surface area (TPSA) is 58.9 Å². The Labute approximate surface area is 288 Å². The molecule has 256 valence electrons. The molecule has 0 amide bonds. The van der Waals surface area contributed by atoms with Crippen LogP contribution in [0.4, 0.5) is 0 Å². The molecule has 48 heavy (non-hydrogen) atoms. The lowest BCUT2D eigenvalue weighted by Crippen LogP contribution is -2.49. The predicted molar refractivity (Wildman–Crippen MR) is 195 cm³/mol. The van der Waals surface area contributed by atoms with Crippen LogP contribution in [0.5, 0.6) is 11.5 Å². The summed E-state index contributed by atoms with van der Waals surface area (Å²) in [5.74, 6) is 1.70. The van der Waals surface area contributed by atoms with Crippen molar-refractivity contribution in [2.24, 2.45) is 10.8 Å². The van der Waals surface area contributed by atoms with Crippen LogP contribution in [0, 0.1) is 10.8 Å². The van der Waals surface area contributed by atoms with Gasteiger partial charge in [-0.25, -0.2) is 0 Å². The molecule has 5 aliphatic rings. The third-order valence-electron chi connectivity index (χ3n) is 11.4. The van der Waals surface area contributed by atoms with Crippen molar-refractivity contribution in [3.8, 4) is 11.5 Å². The molecule has 0 saturated heterocycles. The minimum absolute atomic E-state index is 0.0849. The van der Waals surface area contributed by atoms with Crippen molar-refractivity contribution in [3.05, 3.63) is 104 Å². The number of aliphatic hydroxyl groups excluding tert-OH is 2. The molecule has 2 aliphatic carbocycles. The minimum atomic E-state index is -0.921. The van der Waals surface area contributed by atoms with Crippen molar-refractivity contribution in [3.63, 3.8) is 0 Å². The van der Waals surface area contributed by atoms with Crippen LogP contribution in [0.15, 0.2) is 70.9 Å². The summed E-state index contributed by atoms with van der Waals surface area (Å²) in [4.78, 5) is 0. The molecule has 6 bridgehead atoms. The smallest absolute Gasteiger partial charge is 0.161 e. The molecule has 2 aromatic rings. The lowest BCUT2D eigenvalue weighted by atomic mass is 9.71. The summed E-state index contributed by atoms with van der Waals surface area (Å²) in [6.07, 6.45) is 9.44. The number of hydrogen-bond acceptors (Lipinski definition) is 4. The molecule has 0 unspecified atom stereocenters. The fourth-order valence-corrected chi connectivity index (χ4v) is 8.23. The molecule has 2 spiro atoms. The Kier molecular flexibility index (Phi) is 7.12. The van der Waals surface area contributed by atoms with E-state index >= 15 is 0 Å². The van der Waals surface area contributed by atoms with Crippen molar-refractivity contribution in [2.75, 3.05) is 0 Å². The molecule has 7 rings (SSSR count). The van der Waals surface area contributed by atoms with E-state index < -0.39 is 23.4 Å². The zero-order valence-electron chi connectivity index (χ0n) is 31.3. The highest BCUT2D eigenvalue weighted by Crippen LogP contribution is 2.53. The van der Waals surface area contributed by atoms with Gasteiger partial charge in [0, 0.05) is 25.7 Å². The number of aliphatic hydroxyl groups is 2. The van der Waals surface area contributed by atoms with E-state index in [1.54, 1.807) is 0 Å². The van der Waals surface area contributed by atoms with Crippen LogP contribution in [0.2, 0.25) is 0 Å². The van der Waals surface area contributed by atoms with E-state index in [2.05, 4.69) is 132 Å². The van der Waals surface area contributed by atoms with Gasteiger partial charge in [-0.15, -0.1) is 0 Å². The summed E-state index contributed by atoms with van der Waals surface area (Å²) < 4.78 is 14.3. The van der Waals surface area contributed by atoms with Crippen LogP contribution >= 0.6 is 0 Å². The molecule has 2 aromatic carbocycles. The highest BCUT2D eigenvalue weighted by Gasteiger charge is 2.52. The molecule has 3 aliphatic heterocycles. The summed E-state index contributed by atoms with van der Waals surface area (Å²) in [7, 11) is 0. The zero-order chi connectivity index (χ0) is 35.0. The van der Waals surface area contributed by atoms with Crippen LogP contribution in [0.3, 0.4) is 0 Å². The minimum Gasteiger partial charge on any atom is -0.479 e. The lowest BCUT2D eigenvalue weighted by Gasteiger charge is -2.40. The van der Waals surface area contributed by atoms with Crippen molar-refractivity contribution >= 4 is 0 Å². The summed E-state index contributed by atoms with van der Waals surface area (Å²) in [6, 6.07) is 9.14. The van der Waals surface area contributed by atoms with Gasteiger partial charge in [0.15, 0.2) is 11.2 Å². The number of allylic oxidation sites excluding steroid dienone is 4. The van der Waals surface area contributed by atoms with E-state index in [0.29, 0.717) is 25.7 Å². The van der Waals surface area contributed by atoms with Gasteiger partial charge in [0.2, 0.25) is 0 Å². The van der Waals surface area contributed by atoms with Crippen LogP contribution in [-0.4, -0.2) is 33.6 Å². The summed E-state index contributed by atoms with van der Waals surface area (Å²) in [5.41, 5.74) is 8.78. The zero-order valence-corrected chi connectivity index (χ0v) is 31.3. The molecule has 2 N–H and O–H groups in total. The monoisotopic (exact) mass is 648 g/mol. The third kappa shape index (κ3) is 5.33. The maximum atomic E-state index is 12.5. The number of benzene rings is 2. The van der Waals surface area contributed by atoms with Gasteiger partial charge in [0.05, 0.1) is 0 Å². The van der Waals surface area contributed by atoms with Crippen molar-refractivity contribution in [1.82, 2.24) is 0 Å². The van der Waals surface area contributed by atoms with E-state index in [4.69, 9.17) is 9.47 Å². The maximum absolute atomic E-state index is 12.5. The van der Waals surface area contributed by atoms with Crippen LogP contribution in [-0.2, 0) is 36.5 Å². The van der Waals surface area contributed by atoms with Gasteiger partial charge in [0.25, 0.3) is 0 Å². The number of rotatable bonds is 0. The van der Waals surface area contributed by atoms with E-state index in [9.17, 15) is 10.2 Å². The molecule has 0 radical (unpaired) electrons. The number of ether oxygens (including phenoxy) is 2. The highest BCUT2D eigenvalue weighted by atomic mass is 16.5. The quantitative estimate of drug-likeness (QED) is 0.300. The van der Waals surface area contributed by atoms with Crippen molar-refractivity contribution < 1.29 is 19.7 Å². The number of fused-ring (bicyclic) bond motifs is 2. The van der Waals surface area contributed by atoms with E-state index in [1.165, 1.54) is 22.3 Å². The Morgan fingerprint density at radius 3 is 1.17 bits per heavy atom. The summed E-state index contributed by atoms with van der Waals surface area (Å²) >= 11 is 0. The van der Waals surface area contributed by atoms with Crippen molar-refractivity contribution in [1.29, 1.82) is 0 Å². The first-order chi connectivity index (χ1) is 22.0. The van der Waals surface area contributed by atoms with Gasteiger partial charge in [-0.1, -0.05) is 120 Å². The summed E-state index contributed by atoms with van der Waals surface area (Å²) in [5, 5.41) is 24.9. The van der Waals surface area contributed by atoms with Crippen LogP contribution < -0.4 is 9.47 Å². The van der Waals surface area contributed by atoms with E-state index in [-0.39, 0.29) is 21.7 Å². The van der Waals surface area contributed by atoms with E-state index in [1.807, 2.05) is 0 Å². The van der Waals surface area contributed by atoms with Gasteiger partial charge < -0.3 is 19.7 Å². The van der Waals surface area contributed by atoms with Crippen molar-refractivity contribution in [2.45, 2.75) is 143 Å². The second-order valence-corrected chi connectivity index (χ2v) is 19.5. The van der Waals surface area contributed by atoms with Gasteiger partial charge in [-0.2, -0.15) is 0 Å². The average molecular weight is 649 g/mol. The van der Waals surface area contributed by atoms with Crippen LogP contribution in [0.25, 0.3) is 0 Å². The average Bonchev–Trinajstić information content (AvgIpc) is 3.50. The largest absolute Gasteiger partial charge is 0.479 e. The highest BCUT2D eigenvalue weighted by molar-refractivity contribution is 5.60. The molecule has 0 fully saturated rings. The first-order valence-electron chi connectivity index (χ1n) is 17.9. The van der Waals surface area contributed by atoms with Crippen LogP contribution in [0.1, 0.15) is 116 Å². The molecular weight excluding hydrogens is 592 g/mol. The summed E-state index contributed by atoms with van der Waals surface area (Å²) in [6.45, 7) is 26.9. The molecule has 4 heteroatoms. The number of hydrogen-bond donors (Lipinski definition) is 2. The SMILES string of the molecule is CC(C)(C)C1=C[C@@]23Cc4cc(C(C)(C)C)cc(c4O2)CC2=CC(C(C)(C)C)=C[C@]4(Cc5cc(C(C)(C)C)cc(c5O4)CC(=C1)[C@@H]3O)[C@H]2O. The molecule has 3 heterocycles. The Balaban J connectivity index is 1.52. The molecule has 0 aromatic heterocycles. The first-order valence-corrected chi connectivity index (χ1v) is 17.9. The normalized spacial score (nSPS) is 28.0. The van der Waals surface area contributed by atoms with Gasteiger partial charge in [0.1, 0.15) is 23.7 Å². The standard InChI is InChI=1S/C44H56O4/c1-39(2,3)31-15-25-13-27-17-33(41(7,8)9)24-44(37(27)45)22-30-20-32(40(4,5)6)16-26(36(30)48-44)14-28-18-34(42(10,11)12)23-43(38(28)46)21-29(19-31)35(25)47-43/h15-20,23-24,37-38,45-46H,13-14,21-22H2,1-12H3/t37-,38-,43+,44+/m0/s1. The second-order valence-electron chi connectivity index (χ2n) is 19.5. The molecule has 4 atom stereocenters. The Hall–Kier alpha value is -3.08. The molecular formula is C44H56O4. The van der Waals surface area contributed by atoms with E-state index in [0.717, 1.165) is 44.9 Å². The lowest BCUT2D eigenvalue weighted by molar-refractivity contribution is 0.00717. The molecule has 0 saturated carbocycles. The van der Waals surface area contributed by atoms with Gasteiger partial charge >= 0.3 is 0 Å². The predicted octanol–water partition coefficient (Wildman–Crippen LogP) is 8.97. The fourth-order valence-electron chi connectivity index (χ4n) is 8.23.